The van der Waals surface area contributed by atoms with Crippen molar-refractivity contribution in [2.45, 2.75) is 19.8 Å². The van der Waals surface area contributed by atoms with Crippen LogP contribution in [0, 0.1) is 5.41 Å². The van der Waals surface area contributed by atoms with E-state index in [1.165, 1.54) is 0 Å². The van der Waals surface area contributed by atoms with Crippen LogP contribution in [0.15, 0.2) is 0 Å². The fraction of sp³-hybridized carbons (Fsp3) is 0.700. The van der Waals surface area contributed by atoms with Gasteiger partial charge < -0.3 is 15.7 Å². The van der Waals surface area contributed by atoms with Gasteiger partial charge in [0.2, 0.25) is 5.91 Å². The van der Waals surface area contributed by atoms with E-state index in [2.05, 4.69) is 0 Å². The molecule has 1 aliphatic rings. The smallest absolute Gasteiger partial charge is 0.318 e. The zero-order valence-corrected chi connectivity index (χ0v) is 9.73. The van der Waals surface area contributed by atoms with Crippen molar-refractivity contribution in [2.24, 2.45) is 11.1 Å². The first-order valence-corrected chi connectivity index (χ1v) is 5.38. The number of amides is 3. The Bertz CT molecular complexity index is 344. The largest absolute Gasteiger partial charge is 0.481 e. The third-order valence-corrected chi connectivity index (χ3v) is 2.99. The highest BCUT2D eigenvalue weighted by molar-refractivity contribution is 5.93. The fourth-order valence-electron chi connectivity index (χ4n) is 1.88. The number of nitrogens with one attached hydrogen (secondary N) is 1. The van der Waals surface area contributed by atoms with Gasteiger partial charge in [-0.3, -0.25) is 14.9 Å². The number of rotatable bonds is 4. The van der Waals surface area contributed by atoms with Crippen molar-refractivity contribution in [3.05, 3.63) is 0 Å². The van der Waals surface area contributed by atoms with Crippen LogP contribution in [-0.4, -0.2) is 47.5 Å². The molecule has 1 heterocycles. The fourth-order valence-corrected chi connectivity index (χ4v) is 1.88. The molecule has 1 unspecified atom stereocenters. The van der Waals surface area contributed by atoms with Gasteiger partial charge in [0.25, 0.3) is 0 Å². The van der Waals surface area contributed by atoms with E-state index < -0.39 is 23.3 Å². The van der Waals surface area contributed by atoms with Crippen LogP contribution in [0.2, 0.25) is 0 Å². The van der Waals surface area contributed by atoms with Crippen molar-refractivity contribution < 1.29 is 19.5 Å². The SMILES string of the molecule is CC1(C(=O)O)CCN(CCC(=O)NC(N)=O)C1. The molecule has 1 rings (SSSR count). The molecule has 0 aliphatic carbocycles. The van der Waals surface area contributed by atoms with E-state index in [1.54, 1.807) is 6.92 Å². The van der Waals surface area contributed by atoms with Crippen LogP contribution in [0.3, 0.4) is 0 Å². The van der Waals surface area contributed by atoms with Crippen LogP contribution in [-0.2, 0) is 9.59 Å². The highest BCUT2D eigenvalue weighted by Gasteiger charge is 2.40. The Hall–Kier alpha value is -1.63. The first-order chi connectivity index (χ1) is 7.83. The van der Waals surface area contributed by atoms with Crippen molar-refractivity contribution in [2.75, 3.05) is 19.6 Å². The van der Waals surface area contributed by atoms with Gasteiger partial charge in [-0.25, -0.2) is 4.79 Å². The second-order valence-corrected chi connectivity index (χ2v) is 4.55. The number of carboxylic acid groups (broad SMARTS) is 1. The summed E-state index contributed by atoms with van der Waals surface area (Å²) in [5.41, 5.74) is 4.06. The number of carboxylic acids is 1. The minimum Gasteiger partial charge on any atom is -0.481 e. The topological polar surface area (TPSA) is 113 Å². The van der Waals surface area contributed by atoms with Gasteiger partial charge in [0.15, 0.2) is 0 Å². The number of likely N-dealkylation sites (tertiary alicyclic amines) is 1. The summed E-state index contributed by atoms with van der Waals surface area (Å²) in [6, 6.07) is -0.869. The van der Waals surface area contributed by atoms with E-state index in [-0.39, 0.29) is 6.42 Å². The van der Waals surface area contributed by atoms with E-state index in [0.29, 0.717) is 26.1 Å². The number of nitrogens with two attached hydrogens (primary N) is 1. The summed E-state index contributed by atoms with van der Waals surface area (Å²) in [5, 5.41) is 11.0. The Morgan fingerprint density at radius 3 is 2.59 bits per heavy atom. The molecule has 96 valence electrons. The van der Waals surface area contributed by atoms with Gasteiger partial charge >= 0.3 is 12.0 Å². The van der Waals surface area contributed by atoms with E-state index >= 15 is 0 Å². The average Bonchev–Trinajstić information content (AvgIpc) is 2.58. The lowest BCUT2D eigenvalue weighted by Crippen LogP contribution is -2.37. The maximum atomic E-state index is 11.2. The Labute approximate surface area is 98.9 Å². The molecule has 0 saturated carbocycles. The summed E-state index contributed by atoms with van der Waals surface area (Å²) in [7, 11) is 0. The second kappa shape index (κ2) is 5.13. The lowest BCUT2D eigenvalue weighted by Gasteiger charge is -2.19. The van der Waals surface area contributed by atoms with Gasteiger partial charge in [-0.15, -0.1) is 0 Å². The normalized spacial score (nSPS) is 24.5. The van der Waals surface area contributed by atoms with Crippen molar-refractivity contribution in [3.63, 3.8) is 0 Å². The molecule has 0 bridgehead atoms. The van der Waals surface area contributed by atoms with Gasteiger partial charge in [-0.1, -0.05) is 0 Å². The Balaban J connectivity index is 2.34. The Morgan fingerprint density at radius 2 is 2.12 bits per heavy atom. The number of imide groups is 1. The molecule has 0 aromatic carbocycles. The number of urea groups is 1. The van der Waals surface area contributed by atoms with Crippen LogP contribution in [0.25, 0.3) is 0 Å². The first kappa shape index (κ1) is 13.4. The second-order valence-electron chi connectivity index (χ2n) is 4.55. The summed E-state index contributed by atoms with van der Waals surface area (Å²) in [4.78, 5) is 34.4. The zero-order chi connectivity index (χ0) is 13.1. The third-order valence-electron chi connectivity index (χ3n) is 2.99. The Morgan fingerprint density at radius 1 is 1.47 bits per heavy atom. The molecule has 1 aliphatic heterocycles. The summed E-state index contributed by atoms with van der Waals surface area (Å²) < 4.78 is 0. The van der Waals surface area contributed by atoms with E-state index in [1.807, 2.05) is 10.2 Å². The molecule has 1 saturated heterocycles. The van der Waals surface area contributed by atoms with Crippen molar-refractivity contribution in [1.82, 2.24) is 10.2 Å². The number of aliphatic carboxylic acids is 1. The summed E-state index contributed by atoms with van der Waals surface area (Å²) >= 11 is 0. The minimum atomic E-state index is -0.869. The molecule has 3 amide bonds. The summed E-state index contributed by atoms with van der Waals surface area (Å²) in [6.07, 6.45) is 0.707. The molecule has 0 aromatic rings. The predicted octanol–water partition coefficient (Wildman–Crippen LogP) is -0.632. The highest BCUT2D eigenvalue weighted by atomic mass is 16.4. The van der Waals surface area contributed by atoms with Crippen molar-refractivity contribution >= 4 is 17.9 Å². The summed E-state index contributed by atoms with van der Waals surface area (Å²) in [6.45, 7) is 3.19. The minimum absolute atomic E-state index is 0.138. The first-order valence-electron chi connectivity index (χ1n) is 5.38. The van der Waals surface area contributed by atoms with Gasteiger partial charge in [0.05, 0.1) is 5.41 Å². The van der Waals surface area contributed by atoms with Crippen LogP contribution < -0.4 is 11.1 Å². The molecular weight excluding hydrogens is 226 g/mol. The van der Waals surface area contributed by atoms with Crippen LogP contribution in [0.1, 0.15) is 19.8 Å². The van der Waals surface area contributed by atoms with E-state index in [0.717, 1.165) is 0 Å². The van der Waals surface area contributed by atoms with Gasteiger partial charge in [0, 0.05) is 19.5 Å². The van der Waals surface area contributed by atoms with Crippen molar-refractivity contribution in [3.8, 4) is 0 Å². The number of carbonyl (C=O) groups is 3. The summed E-state index contributed by atoms with van der Waals surface area (Å²) in [5.74, 6) is -1.26. The lowest BCUT2D eigenvalue weighted by molar-refractivity contribution is -0.147. The van der Waals surface area contributed by atoms with Crippen molar-refractivity contribution in [1.29, 1.82) is 0 Å². The predicted molar refractivity (Wildman–Crippen MR) is 59.1 cm³/mol. The lowest BCUT2D eigenvalue weighted by atomic mass is 9.90. The van der Waals surface area contributed by atoms with Gasteiger partial charge in [-0.2, -0.15) is 0 Å². The van der Waals surface area contributed by atoms with Crippen LogP contribution in [0.4, 0.5) is 4.79 Å². The molecule has 17 heavy (non-hydrogen) atoms. The number of hydrogen-bond acceptors (Lipinski definition) is 4. The number of primary amides is 1. The molecule has 7 heteroatoms. The maximum Gasteiger partial charge on any atom is 0.318 e. The van der Waals surface area contributed by atoms with Gasteiger partial charge in [-0.05, 0) is 19.9 Å². The molecule has 1 atom stereocenters. The molecule has 0 aromatic heterocycles. The number of carbonyl (C=O) groups excluding carboxylic acids is 2. The number of nitrogens with zero attached hydrogens (tertiary/aromatic N) is 1. The molecule has 7 nitrogen and oxygen atoms in total. The molecule has 0 radical (unpaired) electrons. The highest BCUT2D eigenvalue weighted by Crippen LogP contribution is 2.29. The molecule has 0 spiro atoms. The van der Waals surface area contributed by atoms with Crippen LogP contribution in [0.5, 0.6) is 0 Å². The van der Waals surface area contributed by atoms with Gasteiger partial charge in [0.1, 0.15) is 0 Å². The maximum absolute atomic E-state index is 11.2. The zero-order valence-electron chi connectivity index (χ0n) is 9.73. The standard InChI is InChI=1S/C10H17N3O4/c1-10(8(15)16)3-5-13(6-10)4-2-7(14)12-9(11)17/h2-6H2,1H3,(H,15,16)(H3,11,12,14,17). The van der Waals surface area contributed by atoms with E-state index in [4.69, 9.17) is 10.8 Å². The molecular formula is C10H17N3O4. The number of hydrogen-bond donors (Lipinski definition) is 3. The monoisotopic (exact) mass is 243 g/mol. The van der Waals surface area contributed by atoms with Crippen LogP contribution >= 0.6 is 0 Å². The molecule has 1 fully saturated rings. The quantitative estimate of drug-likeness (QED) is 0.608. The average molecular weight is 243 g/mol. The Kier molecular flexibility index (Phi) is 4.06. The third kappa shape index (κ3) is 3.70. The van der Waals surface area contributed by atoms with E-state index in [9.17, 15) is 14.4 Å². The molecule has 4 N–H and O–H groups in total.